The Bertz CT molecular complexity index is 700. The summed E-state index contributed by atoms with van der Waals surface area (Å²) in [5.41, 5.74) is 1.73. The summed E-state index contributed by atoms with van der Waals surface area (Å²) < 4.78 is 0. The van der Waals surface area contributed by atoms with E-state index in [1.807, 2.05) is 41.1 Å². The minimum atomic E-state index is -0.267. The van der Waals surface area contributed by atoms with Crippen LogP contribution in [-0.4, -0.2) is 70.1 Å². The maximum atomic E-state index is 13.0. The maximum Gasteiger partial charge on any atom is 0.320 e. The molecule has 3 amide bonds. The van der Waals surface area contributed by atoms with Gasteiger partial charge in [0, 0.05) is 44.3 Å². The van der Waals surface area contributed by atoms with E-state index in [-0.39, 0.29) is 30.1 Å². The van der Waals surface area contributed by atoms with Gasteiger partial charge in [0.05, 0.1) is 6.10 Å². The molecule has 0 saturated carbocycles. The number of carbonyl (C=O) groups is 2. The van der Waals surface area contributed by atoms with E-state index in [1.165, 1.54) is 6.42 Å². The van der Waals surface area contributed by atoms with Gasteiger partial charge < -0.3 is 19.8 Å². The number of hydrogen-bond acceptors (Lipinski definition) is 3. The fourth-order valence-electron chi connectivity index (χ4n) is 5.05. The van der Waals surface area contributed by atoms with E-state index in [0.717, 1.165) is 44.3 Å². The van der Waals surface area contributed by atoms with E-state index in [1.54, 1.807) is 4.90 Å². The molecule has 1 N–H and O–H groups in total. The molecule has 3 fully saturated rings. The van der Waals surface area contributed by atoms with Gasteiger partial charge in [-0.25, -0.2) is 4.79 Å². The lowest BCUT2D eigenvalue weighted by Crippen LogP contribution is -2.48. The first kappa shape index (κ1) is 19.2. The molecule has 2 bridgehead atoms. The highest BCUT2D eigenvalue weighted by atomic mass is 16.3. The van der Waals surface area contributed by atoms with Crippen LogP contribution in [0.1, 0.15) is 60.9 Å². The smallest absolute Gasteiger partial charge is 0.320 e. The first-order valence-electron chi connectivity index (χ1n) is 10.6. The third-order valence-electron chi connectivity index (χ3n) is 6.52. The van der Waals surface area contributed by atoms with Gasteiger partial charge in [-0.3, -0.25) is 4.79 Å². The Kier molecular flexibility index (Phi) is 5.58. The van der Waals surface area contributed by atoms with Gasteiger partial charge in [-0.2, -0.15) is 0 Å². The summed E-state index contributed by atoms with van der Waals surface area (Å²) in [7, 11) is 1.84. The zero-order chi connectivity index (χ0) is 19.7. The second-order valence-electron chi connectivity index (χ2n) is 8.61. The van der Waals surface area contributed by atoms with Crippen LogP contribution in [0.2, 0.25) is 0 Å². The van der Waals surface area contributed by atoms with Crippen LogP contribution in [-0.2, 0) is 6.54 Å². The van der Waals surface area contributed by atoms with Crippen LogP contribution in [0.25, 0.3) is 0 Å². The van der Waals surface area contributed by atoms with Crippen LogP contribution in [0, 0.1) is 0 Å². The fourth-order valence-corrected chi connectivity index (χ4v) is 5.05. The number of likely N-dealkylation sites (tertiary alicyclic amines) is 1. The van der Waals surface area contributed by atoms with Crippen LogP contribution in [0.15, 0.2) is 24.3 Å². The highest BCUT2D eigenvalue weighted by molar-refractivity contribution is 5.95. The van der Waals surface area contributed by atoms with Crippen molar-refractivity contribution >= 4 is 11.9 Å². The number of piperidine rings is 2. The van der Waals surface area contributed by atoms with Crippen molar-refractivity contribution in [1.82, 2.24) is 14.7 Å². The summed E-state index contributed by atoms with van der Waals surface area (Å²) in [6.45, 7) is 2.25. The summed E-state index contributed by atoms with van der Waals surface area (Å²) in [5, 5.41) is 9.95. The summed E-state index contributed by atoms with van der Waals surface area (Å²) >= 11 is 0. The average Bonchev–Trinajstić information content (AvgIpc) is 2.99. The Morgan fingerprint density at radius 1 is 1.04 bits per heavy atom. The summed E-state index contributed by atoms with van der Waals surface area (Å²) in [4.78, 5) is 31.2. The van der Waals surface area contributed by atoms with E-state index < -0.39 is 0 Å². The van der Waals surface area contributed by atoms with Crippen LogP contribution >= 0.6 is 0 Å². The second-order valence-corrected chi connectivity index (χ2v) is 8.61. The molecule has 28 heavy (non-hydrogen) atoms. The molecule has 0 aromatic heterocycles. The topological polar surface area (TPSA) is 64.1 Å². The van der Waals surface area contributed by atoms with Crippen LogP contribution < -0.4 is 0 Å². The number of aliphatic hydroxyl groups is 1. The Morgan fingerprint density at radius 3 is 2.25 bits per heavy atom. The number of urea groups is 1. The molecule has 4 rings (SSSR count). The highest BCUT2D eigenvalue weighted by Crippen LogP contribution is 2.36. The minimum Gasteiger partial charge on any atom is -0.393 e. The lowest BCUT2D eigenvalue weighted by Gasteiger charge is -2.37. The van der Waals surface area contributed by atoms with Gasteiger partial charge in [-0.15, -0.1) is 0 Å². The van der Waals surface area contributed by atoms with Crippen molar-refractivity contribution < 1.29 is 14.7 Å². The second kappa shape index (κ2) is 8.11. The molecule has 0 aliphatic carbocycles. The normalized spacial score (nSPS) is 27.0. The number of rotatable bonds is 3. The Labute approximate surface area is 167 Å². The van der Waals surface area contributed by atoms with Crippen molar-refractivity contribution in [1.29, 1.82) is 0 Å². The molecule has 3 aliphatic heterocycles. The molecule has 1 aromatic carbocycles. The van der Waals surface area contributed by atoms with Crippen molar-refractivity contribution in [3.8, 4) is 0 Å². The summed E-state index contributed by atoms with van der Waals surface area (Å²) in [5.74, 6) is 0.0729. The largest absolute Gasteiger partial charge is 0.393 e. The molecule has 3 aliphatic rings. The van der Waals surface area contributed by atoms with Crippen molar-refractivity contribution in [3.63, 3.8) is 0 Å². The van der Waals surface area contributed by atoms with Crippen molar-refractivity contribution in [3.05, 3.63) is 35.4 Å². The first-order valence-corrected chi connectivity index (χ1v) is 10.6. The van der Waals surface area contributed by atoms with Gasteiger partial charge in [0.15, 0.2) is 0 Å². The average molecular weight is 386 g/mol. The summed E-state index contributed by atoms with van der Waals surface area (Å²) in [6, 6.07) is 8.09. The molecule has 6 nitrogen and oxygen atoms in total. The molecule has 6 heteroatoms. The van der Waals surface area contributed by atoms with Crippen LogP contribution in [0.3, 0.4) is 0 Å². The van der Waals surface area contributed by atoms with Gasteiger partial charge >= 0.3 is 6.03 Å². The summed E-state index contributed by atoms with van der Waals surface area (Å²) in [6.07, 6.45) is 6.51. The number of benzene rings is 1. The Hall–Kier alpha value is -2.08. The molecule has 0 spiro atoms. The van der Waals surface area contributed by atoms with Gasteiger partial charge in [-0.1, -0.05) is 12.1 Å². The number of hydrogen-bond donors (Lipinski definition) is 1. The molecular weight excluding hydrogens is 354 g/mol. The molecule has 1 aromatic rings. The van der Waals surface area contributed by atoms with Crippen LogP contribution in [0.4, 0.5) is 4.79 Å². The van der Waals surface area contributed by atoms with Crippen molar-refractivity contribution in [2.45, 2.75) is 69.7 Å². The molecular formula is C22H31N3O3. The molecule has 0 radical (unpaired) electrons. The van der Waals surface area contributed by atoms with Crippen molar-refractivity contribution in [2.24, 2.45) is 0 Å². The van der Waals surface area contributed by atoms with Gasteiger partial charge in [0.25, 0.3) is 5.91 Å². The maximum absolute atomic E-state index is 13.0. The quantitative estimate of drug-likeness (QED) is 0.870. The molecule has 3 saturated heterocycles. The Morgan fingerprint density at radius 2 is 1.64 bits per heavy atom. The van der Waals surface area contributed by atoms with E-state index in [0.29, 0.717) is 24.9 Å². The van der Waals surface area contributed by atoms with Gasteiger partial charge in [-0.05, 0) is 62.6 Å². The molecule has 2 unspecified atom stereocenters. The zero-order valence-electron chi connectivity index (χ0n) is 16.7. The van der Waals surface area contributed by atoms with Gasteiger partial charge in [0.2, 0.25) is 0 Å². The van der Waals surface area contributed by atoms with Crippen LogP contribution in [0.5, 0.6) is 0 Å². The van der Waals surface area contributed by atoms with Gasteiger partial charge in [0.1, 0.15) is 0 Å². The fraction of sp³-hybridized carbons (Fsp3) is 0.636. The lowest BCUT2D eigenvalue weighted by atomic mass is 9.98. The minimum absolute atomic E-state index is 0.0729. The number of amides is 3. The van der Waals surface area contributed by atoms with E-state index >= 15 is 0 Å². The van der Waals surface area contributed by atoms with E-state index in [2.05, 4.69) is 0 Å². The predicted molar refractivity (Wildman–Crippen MR) is 107 cm³/mol. The Balaban J connectivity index is 1.37. The third-order valence-corrected chi connectivity index (χ3v) is 6.52. The number of carbonyl (C=O) groups excluding carboxylic acids is 2. The lowest BCUT2D eigenvalue weighted by molar-refractivity contribution is 0.0287. The van der Waals surface area contributed by atoms with E-state index in [9.17, 15) is 14.7 Å². The highest BCUT2D eigenvalue weighted by Gasteiger charge is 2.42. The van der Waals surface area contributed by atoms with E-state index in [4.69, 9.17) is 0 Å². The molecule has 2 atom stereocenters. The molecule has 3 heterocycles. The first-order chi connectivity index (χ1) is 13.5. The number of fused-ring (bicyclic) bond motifs is 2. The SMILES string of the molecule is CN(Cc1ccc(C(=O)N2C3CCC2CC(O)C3)cc1)C(=O)N1CCCCC1. The third kappa shape index (κ3) is 3.88. The standard InChI is InChI=1S/C22H31N3O3/c1-23(22(28)24-11-3-2-4-12-24)15-16-5-7-17(8-6-16)21(27)25-18-9-10-19(25)14-20(26)13-18/h5-8,18-20,26H,2-4,9-15H2,1H3. The zero-order valence-corrected chi connectivity index (χ0v) is 16.7. The molecule has 152 valence electrons. The predicted octanol–water partition coefficient (Wildman–Crippen LogP) is 2.85. The number of nitrogens with zero attached hydrogens (tertiary/aromatic N) is 3. The number of aliphatic hydroxyl groups excluding tert-OH is 1. The van der Waals surface area contributed by atoms with Crippen molar-refractivity contribution in [2.75, 3.05) is 20.1 Å². The monoisotopic (exact) mass is 385 g/mol.